The number of nitrogens with one attached hydrogen (secondary N) is 1. The maximum atomic E-state index is 13.6. The van der Waals surface area contributed by atoms with E-state index >= 15 is 0 Å². The van der Waals surface area contributed by atoms with Gasteiger partial charge in [0.05, 0.1) is 5.69 Å². The lowest BCUT2D eigenvalue weighted by atomic mass is 10.2. The average molecular weight is 236 g/mol. The van der Waals surface area contributed by atoms with Crippen LogP contribution >= 0.6 is 11.3 Å². The molecule has 0 bridgehead atoms. The molecule has 0 unspecified atom stereocenters. The maximum absolute atomic E-state index is 13.6. The predicted octanol–water partition coefficient (Wildman–Crippen LogP) is 2.98. The highest BCUT2D eigenvalue weighted by atomic mass is 32.1. The zero-order chi connectivity index (χ0) is 11.5. The normalized spacial score (nSPS) is 10.7. The first-order chi connectivity index (χ1) is 7.72. The Bertz CT molecular complexity index is 494. The molecule has 1 heterocycles. The molecule has 1 N–H and O–H groups in total. The predicted molar refractivity (Wildman–Crippen MR) is 65.0 cm³/mol. The number of aryl methyl sites for hydroxylation is 1. The van der Waals surface area contributed by atoms with Gasteiger partial charge in [-0.25, -0.2) is 9.37 Å². The summed E-state index contributed by atoms with van der Waals surface area (Å²) in [4.78, 5) is 5.55. The molecule has 1 aromatic carbocycles. The first-order valence-electron chi connectivity index (χ1n) is 5.08. The van der Waals surface area contributed by atoms with Crippen LogP contribution in [0.1, 0.15) is 10.6 Å². The first-order valence-corrected chi connectivity index (χ1v) is 5.90. The zero-order valence-electron chi connectivity index (χ0n) is 9.25. The number of hydrogen-bond donors (Lipinski definition) is 1. The van der Waals surface area contributed by atoms with Gasteiger partial charge < -0.3 is 5.32 Å². The van der Waals surface area contributed by atoms with E-state index in [4.69, 9.17) is 0 Å². The van der Waals surface area contributed by atoms with Gasteiger partial charge in [-0.15, -0.1) is 11.3 Å². The third-order valence-corrected chi connectivity index (χ3v) is 3.52. The molecule has 4 heteroatoms. The van der Waals surface area contributed by atoms with Crippen molar-refractivity contribution in [3.8, 4) is 10.6 Å². The molecule has 0 aliphatic rings. The second kappa shape index (κ2) is 4.72. The molecule has 2 rings (SSSR count). The van der Waals surface area contributed by atoms with Crippen molar-refractivity contribution >= 4 is 11.3 Å². The summed E-state index contributed by atoms with van der Waals surface area (Å²) < 4.78 is 13.6. The van der Waals surface area contributed by atoms with Crippen molar-refractivity contribution in [2.45, 2.75) is 13.5 Å². The molecule has 2 aromatic rings. The summed E-state index contributed by atoms with van der Waals surface area (Å²) >= 11 is 1.54. The number of benzene rings is 1. The number of nitrogens with zero attached hydrogens (tertiary/aromatic N) is 1. The molecule has 0 spiro atoms. The van der Waals surface area contributed by atoms with E-state index < -0.39 is 0 Å². The van der Waals surface area contributed by atoms with Crippen LogP contribution in [-0.2, 0) is 6.54 Å². The summed E-state index contributed by atoms with van der Waals surface area (Å²) in [6.45, 7) is 2.73. The molecular weight excluding hydrogens is 223 g/mol. The lowest BCUT2D eigenvalue weighted by molar-refractivity contribution is 0.631. The fourth-order valence-electron chi connectivity index (χ4n) is 1.50. The lowest BCUT2D eigenvalue weighted by Gasteiger charge is -1.96. The van der Waals surface area contributed by atoms with Gasteiger partial charge in [-0.1, -0.05) is 12.1 Å². The van der Waals surface area contributed by atoms with Crippen LogP contribution < -0.4 is 5.32 Å². The highest BCUT2D eigenvalue weighted by Crippen LogP contribution is 2.29. The molecule has 16 heavy (non-hydrogen) atoms. The smallest absolute Gasteiger partial charge is 0.133 e. The number of hydrogen-bond acceptors (Lipinski definition) is 3. The maximum Gasteiger partial charge on any atom is 0.133 e. The first kappa shape index (κ1) is 11.2. The van der Waals surface area contributed by atoms with Gasteiger partial charge in [0.15, 0.2) is 0 Å². The lowest BCUT2D eigenvalue weighted by Crippen LogP contribution is -2.04. The van der Waals surface area contributed by atoms with E-state index in [1.807, 2.05) is 20.0 Å². The summed E-state index contributed by atoms with van der Waals surface area (Å²) in [6.07, 6.45) is 0. The van der Waals surface area contributed by atoms with Crippen molar-refractivity contribution in [1.82, 2.24) is 10.3 Å². The fourth-order valence-corrected chi connectivity index (χ4v) is 2.60. The highest BCUT2D eigenvalue weighted by molar-refractivity contribution is 7.15. The molecule has 0 fully saturated rings. The fraction of sp³-hybridized carbons (Fsp3) is 0.250. The Morgan fingerprint density at radius 2 is 2.12 bits per heavy atom. The van der Waals surface area contributed by atoms with Gasteiger partial charge in [0, 0.05) is 17.0 Å². The van der Waals surface area contributed by atoms with Gasteiger partial charge in [-0.2, -0.15) is 0 Å². The van der Waals surface area contributed by atoms with Gasteiger partial charge in [-0.05, 0) is 26.1 Å². The minimum Gasteiger partial charge on any atom is -0.315 e. The summed E-state index contributed by atoms with van der Waals surface area (Å²) in [5.74, 6) is -0.216. The Hall–Kier alpha value is -1.26. The number of thiazole rings is 1. The van der Waals surface area contributed by atoms with Crippen LogP contribution in [0.25, 0.3) is 10.6 Å². The Morgan fingerprint density at radius 1 is 1.38 bits per heavy atom. The van der Waals surface area contributed by atoms with Crippen LogP contribution in [0, 0.1) is 12.7 Å². The second-order valence-corrected chi connectivity index (χ2v) is 4.62. The van der Waals surface area contributed by atoms with E-state index in [1.54, 1.807) is 12.1 Å². The van der Waals surface area contributed by atoms with Crippen molar-refractivity contribution in [1.29, 1.82) is 0 Å². The largest absolute Gasteiger partial charge is 0.315 e. The van der Waals surface area contributed by atoms with Crippen LogP contribution in [0.5, 0.6) is 0 Å². The van der Waals surface area contributed by atoms with Gasteiger partial charge in [-0.3, -0.25) is 0 Å². The van der Waals surface area contributed by atoms with E-state index in [2.05, 4.69) is 10.3 Å². The molecule has 0 atom stereocenters. The Labute approximate surface area is 98.2 Å². The summed E-state index contributed by atoms with van der Waals surface area (Å²) in [6, 6.07) is 6.74. The second-order valence-electron chi connectivity index (χ2n) is 3.54. The molecule has 0 saturated carbocycles. The Balaban J connectivity index is 2.42. The summed E-state index contributed by atoms with van der Waals surface area (Å²) in [5, 5.41) is 3.83. The number of aromatic nitrogens is 1. The van der Waals surface area contributed by atoms with Crippen molar-refractivity contribution in [2.24, 2.45) is 0 Å². The van der Waals surface area contributed by atoms with E-state index in [9.17, 15) is 4.39 Å². The van der Waals surface area contributed by atoms with Crippen molar-refractivity contribution in [3.63, 3.8) is 0 Å². The van der Waals surface area contributed by atoms with E-state index in [0.29, 0.717) is 5.56 Å². The van der Waals surface area contributed by atoms with E-state index in [1.165, 1.54) is 17.4 Å². The van der Waals surface area contributed by atoms with Gasteiger partial charge >= 0.3 is 0 Å². The van der Waals surface area contributed by atoms with Crippen LogP contribution in [0.3, 0.4) is 0 Å². The van der Waals surface area contributed by atoms with E-state index in [0.717, 1.165) is 22.1 Å². The SMILES string of the molecule is CNCc1sc(-c2ccccc2F)nc1C. The topological polar surface area (TPSA) is 24.9 Å². The van der Waals surface area contributed by atoms with Gasteiger partial charge in [0.25, 0.3) is 0 Å². The summed E-state index contributed by atoms with van der Waals surface area (Å²) in [7, 11) is 1.89. The van der Waals surface area contributed by atoms with Gasteiger partial charge in [0.1, 0.15) is 10.8 Å². The molecule has 1 aromatic heterocycles. The number of rotatable bonds is 3. The molecule has 0 aliphatic heterocycles. The third-order valence-electron chi connectivity index (χ3n) is 2.33. The van der Waals surface area contributed by atoms with Crippen LogP contribution in [0.4, 0.5) is 4.39 Å². The van der Waals surface area contributed by atoms with Crippen molar-refractivity contribution in [2.75, 3.05) is 7.05 Å². The minimum atomic E-state index is -0.216. The van der Waals surface area contributed by atoms with Crippen LogP contribution in [0.2, 0.25) is 0 Å². The summed E-state index contributed by atoms with van der Waals surface area (Å²) in [5.41, 5.74) is 1.55. The molecule has 0 aliphatic carbocycles. The third kappa shape index (κ3) is 2.13. The van der Waals surface area contributed by atoms with Gasteiger partial charge in [0.2, 0.25) is 0 Å². The van der Waals surface area contributed by atoms with Crippen LogP contribution in [-0.4, -0.2) is 12.0 Å². The number of halogens is 1. The Kier molecular flexibility index (Phi) is 3.31. The molecule has 84 valence electrons. The van der Waals surface area contributed by atoms with E-state index in [-0.39, 0.29) is 5.82 Å². The zero-order valence-corrected chi connectivity index (χ0v) is 10.1. The Morgan fingerprint density at radius 3 is 2.81 bits per heavy atom. The highest BCUT2D eigenvalue weighted by Gasteiger charge is 2.11. The quantitative estimate of drug-likeness (QED) is 0.886. The van der Waals surface area contributed by atoms with Crippen molar-refractivity contribution < 1.29 is 4.39 Å². The minimum absolute atomic E-state index is 0.216. The average Bonchev–Trinajstić information content (AvgIpc) is 2.61. The molecule has 2 nitrogen and oxygen atoms in total. The molecule has 0 saturated heterocycles. The monoisotopic (exact) mass is 236 g/mol. The van der Waals surface area contributed by atoms with Crippen molar-refractivity contribution in [3.05, 3.63) is 40.7 Å². The van der Waals surface area contributed by atoms with Crippen LogP contribution in [0.15, 0.2) is 24.3 Å². The molecule has 0 amide bonds. The molecule has 0 radical (unpaired) electrons. The molecular formula is C12H13FN2S. The standard InChI is InChI=1S/C12H13FN2S/c1-8-11(7-14-2)16-12(15-8)9-5-3-4-6-10(9)13/h3-6,14H,7H2,1-2H3.